The van der Waals surface area contributed by atoms with Gasteiger partial charge in [-0.3, -0.25) is 4.98 Å². The summed E-state index contributed by atoms with van der Waals surface area (Å²) in [5, 5.41) is 0. The van der Waals surface area contributed by atoms with Crippen molar-refractivity contribution in [3.05, 3.63) is 60.0 Å². The van der Waals surface area contributed by atoms with Crippen LogP contribution in [-0.4, -0.2) is 4.98 Å². The molecule has 0 N–H and O–H groups in total. The summed E-state index contributed by atoms with van der Waals surface area (Å²) in [4.78, 5) is 4.39. The Hall–Kier alpha value is -1.63. The standard InChI is InChI=1S/C19H25N/c1-7-15-16(19(5,6)13-18(15,3)4)12-14(2)17-10-8-9-11-20-17/h7-12H,2,13H2,1,3-6H3/b15-7+,16-12+. The molecule has 0 saturated heterocycles. The van der Waals surface area contributed by atoms with Crippen LogP contribution in [0.25, 0.3) is 5.57 Å². The van der Waals surface area contributed by atoms with Crippen molar-refractivity contribution in [2.45, 2.75) is 41.0 Å². The van der Waals surface area contributed by atoms with E-state index < -0.39 is 0 Å². The second-order valence-corrected chi connectivity index (χ2v) is 6.95. The molecule has 0 aromatic carbocycles. The zero-order valence-corrected chi connectivity index (χ0v) is 13.3. The minimum Gasteiger partial charge on any atom is -0.256 e. The highest BCUT2D eigenvalue weighted by Crippen LogP contribution is 2.56. The highest BCUT2D eigenvalue weighted by molar-refractivity contribution is 5.72. The summed E-state index contributed by atoms with van der Waals surface area (Å²) in [5.74, 6) is 0. The van der Waals surface area contributed by atoms with E-state index >= 15 is 0 Å². The van der Waals surface area contributed by atoms with E-state index in [9.17, 15) is 0 Å². The third-order valence-electron chi connectivity index (χ3n) is 4.23. The first kappa shape index (κ1) is 14.8. The zero-order valence-electron chi connectivity index (χ0n) is 13.3. The maximum atomic E-state index is 4.39. The van der Waals surface area contributed by atoms with Crippen LogP contribution < -0.4 is 0 Å². The van der Waals surface area contributed by atoms with Crippen LogP contribution >= 0.6 is 0 Å². The Morgan fingerprint density at radius 2 is 1.80 bits per heavy atom. The number of aromatic nitrogens is 1. The predicted molar refractivity (Wildman–Crippen MR) is 87.3 cm³/mol. The first-order chi connectivity index (χ1) is 9.28. The van der Waals surface area contributed by atoms with E-state index in [2.05, 4.69) is 58.3 Å². The van der Waals surface area contributed by atoms with Gasteiger partial charge in [0.25, 0.3) is 0 Å². The van der Waals surface area contributed by atoms with Crippen molar-refractivity contribution in [3.8, 4) is 0 Å². The number of allylic oxidation sites excluding steroid dienone is 5. The summed E-state index contributed by atoms with van der Waals surface area (Å²) in [5.41, 5.74) is 5.21. The fourth-order valence-electron chi connectivity index (χ4n) is 3.64. The molecule has 0 unspecified atom stereocenters. The van der Waals surface area contributed by atoms with Crippen LogP contribution in [0.1, 0.15) is 46.7 Å². The molecule has 1 saturated carbocycles. The van der Waals surface area contributed by atoms with Gasteiger partial charge in [0.1, 0.15) is 0 Å². The zero-order chi connectivity index (χ0) is 15.0. The largest absolute Gasteiger partial charge is 0.256 e. The molecule has 0 amide bonds. The molecule has 1 nitrogen and oxygen atoms in total. The molecule has 1 aromatic heterocycles. The van der Waals surface area contributed by atoms with Crippen molar-refractivity contribution in [1.29, 1.82) is 0 Å². The molecule has 106 valence electrons. The maximum absolute atomic E-state index is 4.39. The summed E-state index contributed by atoms with van der Waals surface area (Å²) < 4.78 is 0. The fourth-order valence-corrected chi connectivity index (χ4v) is 3.64. The molecular weight excluding hydrogens is 242 g/mol. The van der Waals surface area contributed by atoms with Gasteiger partial charge >= 0.3 is 0 Å². The van der Waals surface area contributed by atoms with Gasteiger partial charge in [-0.05, 0) is 59.1 Å². The van der Waals surface area contributed by atoms with Crippen molar-refractivity contribution in [2.75, 3.05) is 0 Å². The lowest BCUT2D eigenvalue weighted by Gasteiger charge is -2.21. The van der Waals surface area contributed by atoms with Gasteiger partial charge < -0.3 is 0 Å². The molecule has 0 atom stereocenters. The molecule has 20 heavy (non-hydrogen) atoms. The first-order valence-corrected chi connectivity index (χ1v) is 7.27. The van der Waals surface area contributed by atoms with Crippen molar-refractivity contribution in [1.82, 2.24) is 4.98 Å². The SMILES string of the molecule is C=C(/C=C1\C(=C/C)C(C)(C)CC1(C)C)c1ccccn1. The normalized spacial score (nSPS) is 24.2. The van der Waals surface area contributed by atoms with Crippen LogP contribution in [0.5, 0.6) is 0 Å². The molecule has 0 spiro atoms. The molecule has 0 bridgehead atoms. The molecular formula is C19H25N. The van der Waals surface area contributed by atoms with Gasteiger partial charge in [-0.15, -0.1) is 0 Å². The van der Waals surface area contributed by atoms with Crippen LogP contribution in [0, 0.1) is 10.8 Å². The molecule has 1 aliphatic carbocycles. The molecule has 1 fully saturated rings. The molecule has 0 radical (unpaired) electrons. The Labute approximate surface area is 123 Å². The first-order valence-electron chi connectivity index (χ1n) is 7.27. The molecule has 1 heterocycles. The Morgan fingerprint density at radius 1 is 1.15 bits per heavy atom. The van der Waals surface area contributed by atoms with E-state index in [0.717, 1.165) is 11.3 Å². The van der Waals surface area contributed by atoms with Crippen molar-refractivity contribution in [3.63, 3.8) is 0 Å². The molecule has 0 aliphatic heterocycles. The third kappa shape index (κ3) is 2.63. The summed E-state index contributed by atoms with van der Waals surface area (Å²) in [7, 11) is 0. The molecule has 1 heteroatoms. The van der Waals surface area contributed by atoms with E-state index in [4.69, 9.17) is 0 Å². The van der Waals surface area contributed by atoms with Gasteiger partial charge in [0.2, 0.25) is 0 Å². The number of pyridine rings is 1. The quantitative estimate of drug-likeness (QED) is 0.697. The molecule has 1 aliphatic rings. The van der Waals surface area contributed by atoms with Crippen molar-refractivity contribution < 1.29 is 0 Å². The average molecular weight is 267 g/mol. The predicted octanol–water partition coefficient (Wildman–Crippen LogP) is 5.42. The van der Waals surface area contributed by atoms with Gasteiger partial charge in [0.15, 0.2) is 0 Å². The summed E-state index contributed by atoms with van der Waals surface area (Å²) >= 11 is 0. The summed E-state index contributed by atoms with van der Waals surface area (Å²) in [6, 6.07) is 5.96. The van der Waals surface area contributed by atoms with Gasteiger partial charge in [0, 0.05) is 6.20 Å². The Kier molecular flexibility index (Phi) is 3.73. The number of nitrogens with zero attached hydrogens (tertiary/aromatic N) is 1. The Bertz CT molecular complexity index is 571. The minimum atomic E-state index is 0.184. The smallest absolute Gasteiger partial charge is 0.0696 e. The van der Waals surface area contributed by atoms with Crippen LogP contribution in [0.4, 0.5) is 0 Å². The molecule has 1 aromatic rings. The maximum Gasteiger partial charge on any atom is 0.0696 e. The lowest BCUT2D eigenvalue weighted by molar-refractivity contribution is 0.338. The van der Waals surface area contributed by atoms with Crippen LogP contribution in [0.15, 0.2) is 54.3 Å². The second-order valence-electron chi connectivity index (χ2n) is 6.95. The van der Waals surface area contributed by atoms with Gasteiger partial charge in [-0.25, -0.2) is 0 Å². The number of hydrogen-bond acceptors (Lipinski definition) is 1. The van der Waals surface area contributed by atoms with Crippen LogP contribution in [-0.2, 0) is 0 Å². The topological polar surface area (TPSA) is 12.9 Å². The summed E-state index contributed by atoms with van der Waals surface area (Å²) in [6.45, 7) is 15.6. The molecule has 2 rings (SSSR count). The summed E-state index contributed by atoms with van der Waals surface area (Å²) in [6.07, 6.45) is 7.47. The van der Waals surface area contributed by atoms with E-state index in [-0.39, 0.29) is 10.8 Å². The van der Waals surface area contributed by atoms with E-state index in [1.807, 2.05) is 24.4 Å². The monoisotopic (exact) mass is 267 g/mol. The Balaban J connectivity index is 2.45. The van der Waals surface area contributed by atoms with Gasteiger partial charge in [-0.2, -0.15) is 0 Å². The van der Waals surface area contributed by atoms with Crippen molar-refractivity contribution >= 4 is 5.57 Å². The van der Waals surface area contributed by atoms with E-state index in [1.54, 1.807) is 0 Å². The minimum absolute atomic E-state index is 0.184. The average Bonchev–Trinajstić information content (AvgIpc) is 2.54. The Morgan fingerprint density at radius 3 is 2.35 bits per heavy atom. The fraction of sp³-hybridized carbons (Fsp3) is 0.421. The lowest BCUT2D eigenvalue weighted by atomic mass is 9.83. The number of rotatable bonds is 2. The van der Waals surface area contributed by atoms with E-state index in [0.29, 0.717) is 0 Å². The van der Waals surface area contributed by atoms with Crippen LogP contribution in [0.3, 0.4) is 0 Å². The highest BCUT2D eigenvalue weighted by Gasteiger charge is 2.44. The van der Waals surface area contributed by atoms with Gasteiger partial charge in [-0.1, -0.05) is 46.4 Å². The number of hydrogen-bond donors (Lipinski definition) is 0. The third-order valence-corrected chi connectivity index (χ3v) is 4.23. The van der Waals surface area contributed by atoms with Crippen molar-refractivity contribution in [2.24, 2.45) is 10.8 Å². The lowest BCUT2D eigenvalue weighted by Crippen LogP contribution is -2.11. The van der Waals surface area contributed by atoms with Gasteiger partial charge in [0.05, 0.1) is 5.69 Å². The highest BCUT2D eigenvalue weighted by atomic mass is 14.7. The van der Waals surface area contributed by atoms with Crippen LogP contribution in [0.2, 0.25) is 0 Å². The van der Waals surface area contributed by atoms with E-state index in [1.165, 1.54) is 17.6 Å². The second kappa shape index (κ2) is 5.05.